The Balaban J connectivity index is 2.36. The van der Waals surface area contributed by atoms with E-state index in [1.54, 1.807) is 6.92 Å². The van der Waals surface area contributed by atoms with E-state index in [1.807, 2.05) is 17.8 Å². The fraction of sp³-hybridized carbons (Fsp3) is 0.696. The second kappa shape index (κ2) is 9.00. The summed E-state index contributed by atoms with van der Waals surface area (Å²) in [5, 5.41) is 20.5. The molecule has 1 aromatic rings. The average molecular weight is 392 g/mol. The summed E-state index contributed by atoms with van der Waals surface area (Å²) in [6.07, 6.45) is 6.49. The summed E-state index contributed by atoms with van der Waals surface area (Å²) in [6.45, 7) is 13.4. The molecule has 152 valence electrons. The minimum absolute atomic E-state index is 0.0286. The van der Waals surface area contributed by atoms with Crippen LogP contribution in [0.3, 0.4) is 0 Å². The van der Waals surface area contributed by atoms with Gasteiger partial charge in [0.25, 0.3) is 0 Å². The maximum absolute atomic E-state index is 10.9. The maximum atomic E-state index is 10.9. The molecule has 1 aliphatic rings. The summed E-state index contributed by atoms with van der Waals surface area (Å²) < 4.78 is 0.0286. The zero-order chi connectivity index (χ0) is 20.2. The lowest BCUT2D eigenvalue weighted by atomic mass is 9.79. The number of nitrogens with zero attached hydrogens (tertiary/aromatic N) is 1. The molecule has 1 aromatic carbocycles. The van der Waals surface area contributed by atoms with E-state index in [1.165, 1.54) is 31.2 Å². The van der Waals surface area contributed by atoms with Crippen LogP contribution in [0.5, 0.6) is 5.75 Å². The molecule has 1 unspecified atom stereocenters. The molecule has 27 heavy (non-hydrogen) atoms. The van der Waals surface area contributed by atoms with Gasteiger partial charge in [-0.3, -0.25) is 4.99 Å². The molecule has 0 radical (unpaired) electrons. The zero-order valence-electron chi connectivity index (χ0n) is 17.9. The van der Waals surface area contributed by atoms with E-state index >= 15 is 0 Å². The van der Waals surface area contributed by atoms with Crippen LogP contribution in [-0.2, 0) is 5.41 Å². The first kappa shape index (κ1) is 22.3. The van der Waals surface area contributed by atoms with E-state index in [0.717, 1.165) is 29.0 Å². The van der Waals surface area contributed by atoms with Gasteiger partial charge in [-0.1, -0.05) is 46.5 Å². The van der Waals surface area contributed by atoms with Crippen LogP contribution in [0.1, 0.15) is 91.2 Å². The summed E-state index contributed by atoms with van der Waals surface area (Å²) in [4.78, 5) is 5.75. The lowest BCUT2D eigenvalue weighted by molar-refractivity contribution is 0.204. The molecule has 4 heteroatoms. The van der Waals surface area contributed by atoms with Gasteiger partial charge in [-0.05, 0) is 50.3 Å². The molecule has 0 aliphatic carbocycles. The molecule has 1 heterocycles. The van der Waals surface area contributed by atoms with Gasteiger partial charge in [0.1, 0.15) is 5.75 Å². The Kier molecular flexibility index (Phi) is 7.43. The number of phenolic OH excluding ortho intramolecular Hbond substituents is 1. The van der Waals surface area contributed by atoms with Crippen molar-refractivity contribution in [2.24, 2.45) is 4.99 Å². The number of aliphatic imine (C=N–C) groups is 1. The van der Waals surface area contributed by atoms with Crippen LogP contribution in [0, 0.1) is 0 Å². The van der Waals surface area contributed by atoms with Crippen LogP contribution in [0.15, 0.2) is 22.0 Å². The van der Waals surface area contributed by atoms with Crippen molar-refractivity contribution in [1.29, 1.82) is 0 Å². The van der Waals surface area contributed by atoms with Crippen molar-refractivity contribution in [3.63, 3.8) is 0 Å². The number of rotatable bonds is 8. The minimum Gasteiger partial charge on any atom is -0.507 e. The lowest BCUT2D eigenvalue weighted by Crippen LogP contribution is -2.27. The van der Waals surface area contributed by atoms with Gasteiger partial charge in [0.05, 0.1) is 18.2 Å². The Hall–Kier alpha value is -1.00. The molecule has 0 bridgehead atoms. The Morgan fingerprint density at radius 1 is 1.22 bits per heavy atom. The summed E-state index contributed by atoms with van der Waals surface area (Å²) in [5.41, 5.74) is 3.03. The number of hydrogen-bond acceptors (Lipinski definition) is 4. The van der Waals surface area contributed by atoms with Crippen LogP contribution in [0.2, 0.25) is 0 Å². The first-order valence-corrected chi connectivity index (χ1v) is 11.2. The molecule has 2 rings (SSSR count). The highest BCUT2D eigenvalue weighted by Gasteiger charge is 2.34. The number of aromatic hydroxyl groups is 1. The van der Waals surface area contributed by atoms with Crippen molar-refractivity contribution in [3.05, 3.63) is 23.3 Å². The Bertz CT molecular complexity index is 677. The monoisotopic (exact) mass is 391 g/mol. The molecule has 1 aliphatic heterocycles. The first-order valence-electron chi connectivity index (χ1n) is 10.3. The van der Waals surface area contributed by atoms with Crippen molar-refractivity contribution in [2.45, 2.75) is 101 Å². The standard InChI is InChI=1S/C23H37NO2S/c1-7-8-9-10-11-22(3,4)17-12-19(26)21-18(24-15-16(2)25)14-23(5,6)27-20(21)13-17/h12-13,16,25-26H,7-11,14-15H2,1-6H3. The summed E-state index contributed by atoms with van der Waals surface area (Å²) in [7, 11) is 0. The molecule has 0 aromatic heterocycles. The quantitative estimate of drug-likeness (QED) is 0.528. The third-order valence-corrected chi connectivity index (χ3v) is 6.57. The molecular weight excluding hydrogens is 354 g/mol. The average Bonchev–Trinajstić information content (AvgIpc) is 2.55. The van der Waals surface area contributed by atoms with Crippen LogP contribution in [0.25, 0.3) is 0 Å². The number of phenols is 1. The smallest absolute Gasteiger partial charge is 0.126 e. The first-order chi connectivity index (χ1) is 12.6. The van der Waals surface area contributed by atoms with Gasteiger partial charge in [0, 0.05) is 21.8 Å². The van der Waals surface area contributed by atoms with Crippen molar-refractivity contribution >= 4 is 17.5 Å². The van der Waals surface area contributed by atoms with E-state index < -0.39 is 6.10 Å². The molecule has 0 fully saturated rings. The number of hydrogen-bond donors (Lipinski definition) is 2. The van der Waals surface area contributed by atoms with Crippen LogP contribution in [0.4, 0.5) is 0 Å². The van der Waals surface area contributed by atoms with E-state index in [2.05, 4.69) is 45.7 Å². The number of aliphatic hydroxyl groups is 1. The molecule has 1 atom stereocenters. The highest BCUT2D eigenvalue weighted by atomic mass is 32.2. The van der Waals surface area contributed by atoms with Gasteiger partial charge in [-0.25, -0.2) is 0 Å². The van der Waals surface area contributed by atoms with Crippen LogP contribution < -0.4 is 0 Å². The third-order valence-electron chi connectivity index (χ3n) is 5.33. The number of aliphatic hydroxyl groups excluding tert-OH is 1. The van der Waals surface area contributed by atoms with Gasteiger partial charge < -0.3 is 10.2 Å². The number of unbranched alkanes of at least 4 members (excludes halogenated alkanes) is 3. The van der Waals surface area contributed by atoms with Gasteiger partial charge >= 0.3 is 0 Å². The second-order valence-corrected chi connectivity index (χ2v) is 11.0. The predicted octanol–water partition coefficient (Wildman–Crippen LogP) is 6.08. The van der Waals surface area contributed by atoms with Crippen molar-refractivity contribution in [1.82, 2.24) is 0 Å². The maximum Gasteiger partial charge on any atom is 0.126 e. The highest BCUT2D eigenvalue weighted by molar-refractivity contribution is 8.00. The Morgan fingerprint density at radius 3 is 2.56 bits per heavy atom. The summed E-state index contributed by atoms with van der Waals surface area (Å²) >= 11 is 1.83. The second-order valence-electron chi connectivity index (χ2n) is 9.24. The van der Waals surface area contributed by atoms with Crippen molar-refractivity contribution in [2.75, 3.05) is 6.54 Å². The van der Waals surface area contributed by atoms with E-state index in [0.29, 0.717) is 12.3 Å². The highest BCUT2D eigenvalue weighted by Crippen LogP contribution is 2.47. The van der Waals surface area contributed by atoms with E-state index in [4.69, 9.17) is 0 Å². The molecule has 0 amide bonds. The summed E-state index contributed by atoms with van der Waals surface area (Å²) in [6, 6.07) is 4.20. The van der Waals surface area contributed by atoms with Crippen LogP contribution >= 0.6 is 11.8 Å². The van der Waals surface area contributed by atoms with Gasteiger partial charge in [0.2, 0.25) is 0 Å². The predicted molar refractivity (Wildman–Crippen MR) is 118 cm³/mol. The number of benzene rings is 1. The van der Waals surface area contributed by atoms with Gasteiger partial charge in [-0.2, -0.15) is 0 Å². The fourth-order valence-corrected chi connectivity index (χ4v) is 5.02. The molecule has 3 nitrogen and oxygen atoms in total. The van der Waals surface area contributed by atoms with Gasteiger partial charge in [0.15, 0.2) is 0 Å². The minimum atomic E-state index is -0.470. The van der Waals surface area contributed by atoms with Crippen molar-refractivity contribution < 1.29 is 10.2 Å². The third kappa shape index (κ3) is 5.99. The summed E-state index contributed by atoms with van der Waals surface area (Å²) in [5.74, 6) is 0.330. The molecule has 0 saturated heterocycles. The number of fused-ring (bicyclic) bond motifs is 1. The Morgan fingerprint density at radius 2 is 1.93 bits per heavy atom. The number of thioether (sulfide) groups is 1. The molecule has 0 spiro atoms. The molecule has 0 saturated carbocycles. The van der Waals surface area contributed by atoms with E-state index in [-0.39, 0.29) is 10.2 Å². The Labute approximate surface area is 169 Å². The SMILES string of the molecule is CCCCCCC(C)(C)c1cc(O)c2c(c1)SC(C)(C)CC2=NCC(C)O. The zero-order valence-corrected chi connectivity index (χ0v) is 18.7. The largest absolute Gasteiger partial charge is 0.507 e. The van der Waals surface area contributed by atoms with Crippen LogP contribution in [-0.4, -0.2) is 33.3 Å². The topological polar surface area (TPSA) is 52.8 Å². The van der Waals surface area contributed by atoms with Gasteiger partial charge in [-0.15, -0.1) is 11.8 Å². The van der Waals surface area contributed by atoms with E-state index in [9.17, 15) is 10.2 Å². The lowest BCUT2D eigenvalue weighted by Gasteiger charge is -2.34. The normalized spacial score (nSPS) is 19.1. The van der Waals surface area contributed by atoms with Crippen molar-refractivity contribution in [3.8, 4) is 5.75 Å². The fourth-order valence-electron chi connectivity index (χ4n) is 3.70. The molecule has 2 N–H and O–H groups in total. The molecular formula is C23H37NO2S.